The van der Waals surface area contributed by atoms with E-state index in [0.717, 1.165) is 5.56 Å². The predicted octanol–water partition coefficient (Wildman–Crippen LogP) is 1.89. The van der Waals surface area contributed by atoms with Crippen molar-refractivity contribution < 1.29 is 5.21 Å². The smallest absolute Gasteiger partial charge is 0.119 e. The second-order valence-electron chi connectivity index (χ2n) is 3.28. The molecule has 4 heteroatoms. The molecule has 0 amide bonds. The first-order valence-electron chi connectivity index (χ1n) is 4.80. The van der Waals surface area contributed by atoms with Gasteiger partial charge in [-0.3, -0.25) is 4.98 Å². The van der Waals surface area contributed by atoms with Gasteiger partial charge >= 0.3 is 0 Å². The molecule has 0 fully saturated rings. The van der Waals surface area contributed by atoms with E-state index >= 15 is 0 Å². The maximum Gasteiger partial charge on any atom is 0.119 e. The Morgan fingerprint density at radius 3 is 2.56 bits per heavy atom. The first-order valence-corrected chi connectivity index (χ1v) is 4.80. The molecule has 0 spiro atoms. The first-order chi connectivity index (χ1) is 7.83. The molecule has 0 saturated carbocycles. The molecular formula is C12H11N3O. The zero-order valence-electron chi connectivity index (χ0n) is 8.54. The van der Waals surface area contributed by atoms with E-state index in [2.05, 4.69) is 10.1 Å². The van der Waals surface area contributed by atoms with Gasteiger partial charge in [0.25, 0.3) is 0 Å². The van der Waals surface area contributed by atoms with Gasteiger partial charge in [0.05, 0.1) is 11.9 Å². The number of nitrogens with two attached hydrogens (primary N) is 1. The minimum atomic E-state index is 0.445. The van der Waals surface area contributed by atoms with Crippen LogP contribution in [0.2, 0.25) is 0 Å². The Morgan fingerprint density at radius 1 is 1.19 bits per heavy atom. The van der Waals surface area contributed by atoms with Crippen molar-refractivity contribution in [2.45, 2.75) is 0 Å². The number of rotatable bonds is 2. The number of hydrogen-bond donors (Lipinski definition) is 2. The molecule has 0 aliphatic carbocycles. The highest BCUT2D eigenvalue weighted by Gasteiger charge is 2.09. The molecule has 2 aromatic rings. The minimum Gasteiger partial charge on any atom is -0.410 e. The predicted molar refractivity (Wildman–Crippen MR) is 62.5 cm³/mol. The standard InChI is InChI=1S/C12H11N3O/c13-11-8-14-7-6-10(11)12(15-16)9-4-2-1-3-5-9/h1-8,16H,13H2. The summed E-state index contributed by atoms with van der Waals surface area (Å²) in [6.45, 7) is 0. The van der Waals surface area contributed by atoms with Crippen molar-refractivity contribution >= 4 is 11.4 Å². The molecule has 0 atom stereocenters. The molecule has 16 heavy (non-hydrogen) atoms. The SMILES string of the molecule is Nc1cnccc1C(=NO)c1ccccc1. The van der Waals surface area contributed by atoms with Crippen molar-refractivity contribution in [2.75, 3.05) is 5.73 Å². The molecule has 0 saturated heterocycles. The van der Waals surface area contributed by atoms with Crippen molar-refractivity contribution in [1.82, 2.24) is 4.98 Å². The summed E-state index contributed by atoms with van der Waals surface area (Å²) in [4.78, 5) is 3.89. The van der Waals surface area contributed by atoms with Gasteiger partial charge in [-0.1, -0.05) is 35.5 Å². The Labute approximate surface area is 93.1 Å². The molecule has 2 rings (SSSR count). The Balaban J connectivity index is 2.51. The lowest BCUT2D eigenvalue weighted by Crippen LogP contribution is -2.07. The molecule has 1 heterocycles. The van der Waals surface area contributed by atoms with Gasteiger partial charge in [0, 0.05) is 17.3 Å². The normalized spacial score (nSPS) is 11.4. The van der Waals surface area contributed by atoms with Gasteiger partial charge in [-0.15, -0.1) is 0 Å². The molecule has 1 aromatic heterocycles. The molecule has 0 unspecified atom stereocenters. The fourth-order valence-corrected chi connectivity index (χ4v) is 1.49. The third-order valence-electron chi connectivity index (χ3n) is 2.25. The third-order valence-corrected chi connectivity index (χ3v) is 2.25. The summed E-state index contributed by atoms with van der Waals surface area (Å²) in [5, 5.41) is 12.4. The van der Waals surface area contributed by atoms with Crippen LogP contribution in [0.4, 0.5) is 5.69 Å². The van der Waals surface area contributed by atoms with Crippen molar-refractivity contribution in [3.63, 3.8) is 0 Å². The lowest BCUT2D eigenvalue weighted by molar-refractivity contribution is 0.319. The number of hydrogen-bond acceptors (Lipinski definition) is 4. The number of nitrogens with zero attached hydrogens (tertiary/aromatic N) is 2. The summed E-state index contributed by atoms with van der Waals surface area (Å²) in [7, 11) is 0. The number of anilines is 1. The van der Waals surface area contributed by atoms with Crippen molar-refractivity contribution in [3.05, 3.63) is 59.9 Å². The average molecular weight is 213 g/mol. The Bertz CT molecular complexity index is 509. The zero-order valence-corrected chi connectivity index (χ0v) is 8.54. The van der Waals surface area contributed by atoms with Crippen LogP contribution in [-0.2, 0) is 0 Å². The summed E-state index contributed by atoms with van der Waals surface area (Å²) in [5.41, 5.74) is 8.19. The quantitative estimate of drug-likeness (QED) is 0.454. The molecule has 3 N–H and O–H groups in total. The van der Waals surface area contributed by atoms with Crippen molar-refractivity contribution in [2.24, 2.45) is 5.16 Å². The second-order valence-corrected chi connectivity index (χ2v) is 3.28. The van der Waals surface area contributed by atoms with Crippen LogP contribution in [0.3, 0.4) is 0 Å². The fourth-order valence-electron chi connectivity index (χ4n) is 1.49. The summed E-state index contributed by atoms with van der Waals surface area (Å²) < 4.78 is 0. The number of pyridine rings is 1. The zero-order chi connectivity index (χ0) is 11.4. The molecule has 1 aromatic carbocycles. The average Bonchev–Trinajstić information content (AvgIpc) is 2.34. The van der Waals surface area contributed by atoms with E-state index in [1.54, 1.807) is 12.3 Å². The van der Waals surface area contributed by atoms with Crippen LogP contribution in [0.1, 0.15) is 11.1 Å². The van der Waals surface area contributed by atoms with Crippen LogP contribution in [0, 0.1) is 0 Å². The number of benzene rings is 1. The number of oxime groups is 1. The third kappa shape index (κ3) is 1.86. The van der Waals surface area contributed by atoms with Crippen LogP contribution in [0.5, 0.6) is 0 Å². The van der Waals surface area contributed by atoms with E-state index in [-0.39, 0.29) is 0 Å². The number of aromatic nitrogens is 1. The van der Waals surface area contributed by atoms with Crippen LogP contribution >= 0.6 is 0 Å². The maximum atomic E-state index is 9.07. The second kappa shape index (κ2) is 4.44. The van der Waals surface area contributed by atoms with Gasteiger partial charge < -0.3 is 10.9 Å². The Morgan fingerprint density at radius 2 is 1.94 bits per heavy atom. The molecule has 0 aliphatic rings. The Hall–Kier alpha value is -2.36. The Kier molecular flexibility index (Phi) is 2.82. The molecule has 4 nitrogen and oxygen atoms in total. The van der Waals surface area contributed by atoms with E-state index in [0.29, 0.717) is 17.0 Å². The summed E-state index contributed by atoms with van der Waals surface area (Å²) in [5.74, 6) is 0. The van der Waals surface area contributed by atoms with Crippen LogP contribution in [-0.4, -0.2) is 15.9 Å². The van der Waals surface area contributed by atoms with Gasteiger partial charge in [0.2, 0.25) is 0 Å². The first kappa shape index (κ1) is 10.2. The molecule has 80 valence electrons. The van der Waals surface area contributed by atoms with Crippen LogP contribution in [0.15, 0.2) is 53.9 Å². The fraction of sp³-hybridized carbons (Fsp3) is 0. The molecule has 0 radical (unpaired) electrons. The van der Waals surface area contributed by atoms with Crippen molar-refractivity contribution in [1.29, 1.82) is 0 Å². The summed E-state index contributed by atoms with van der Waals surface area (Å²) in [6.07, 6.45) is 3.14. The maximum absolute atomic E-state index is 9.07. The van der Waals surface area contributed by atoms with Gasteiger partial charge in [0.1, 0.15) is 5.71 Å². The van der Waals surface area contributed by atoms with Gasteiger partial charge in [-0.25, -0.2) is 0 Å². The molecule has 0 bridgehead atoms. The summed E-state index contributed by atoms with van der Waals surface area (Å²) >= 11 is 0. The number of nitrogen functional groups attached to an aromatic ring is 1. The van der Waals surface area contributed by atoms with E-state index in [1.165, 1.54) is 6.20 Å². The van der Waals surface area contributed by atoms with E-state index in [1.807, 2.05) is 30.3 Å². The topological polar surface area (TPSA) is 71.5 Å². The monoisotopic (exact) mass is 213 g/mol. The van der Waals surface area contributed by atoms with Crippen molar-refractivity contribution in [3.8, 4) is 0 Å². The highest BCUT2D eigenvalue weighted by atomic mass is 16.4. The largest absolute Gasteiger partial charge is 0.410 e. The van der Waals surface area contributed by atoms with Gasteiger partial charge in [0.15, 0.2) is 0 Å². The lowest BCUT2D eigenvalue weighted by atomic mass is 10.0. The summed E-state index contributed by atoms with van der Waals surface area (Å²) in [6, 6.07) is 11.1. The van der Waals surface area contributed by atoms with E-state index < -0.39 is 0 Å². The molecule has 0 aliphatic heterocycles. The minimum absolute atomic E-state index is 0.445. The van der Waals surface area contributed by atoms with E-state index in [9.17, 15) is 0 Å². The molecular weight excluding hydrogens is 202 g/mol. The van der Waals surface area contributed by atoms with Crippen LogP contribution in [0.25, 0.3) is 0 Å². The lowest BCUT2D eigenvalue weighted by Gasteiger charge is -2.06. The van der Waals surface area contributed by atoms with Crippen LogP contribution < -0.4 is 5.73 Å². The van der Waals surface area contributed by atoms with Gasteiger partial charge in [-0.05, 0) is 6.07 Å². The van der Waals surface area contributed by atoms with E-state index in [4.69, 9.17) is 10.9 Å². The highest BCUT2D eigenvalue weighted by molar-refractivity contribution is 6.15. The highest BCUT2D eigenvalue weighted by Crippen LogP contribution is 2.15. The van der Waals surface area contributed by atoms with Gasteiger partial charge in [-0.2, -0.15) is 0 Å².